The standard InChI is InChI=1S/C27H24F3NO5S/c1-2-19-14-20(24(33)17-8-10-18(11-9-17)36-27(28,29)30)25(37-19)23(32)15-31-21(12-13-22(31)26(34)35)16-6-4-3-5-7-16/h3-11,14,21-22H,2,12-13,15H2,1H3,(H,34,35)/t21-,22-/m1/s1. The highest BCUT2D eigenvalue weighted by Crippen LogP contribution is 2.37. The summed E-state index contributed by atoms with van der Waals surface area (Å²) in [4.78, 5) is 41.4. The van der Waals surface area contributed by atoms with Crippen LogP contribution in [0.1, 0.15) is 61.8 Å². The number of hydrogen-bond acceptors (Lipinski definition) is 6. The summed E-state index contributed by atoms with van der Waals surface area (Å²) in [5.74, 6) is -2.35. The number of likely N-dealkylation sites (tertiary alicyclic amines) is 1. The van der Waals surface area contributed by atoms with E-state index in [0.29, 0.717) is 19.3 Å². The second-order valence-corrected chi connectivity index (χ2v) is 9.80. The Labute approximate surface area is 215 Å². The van der Waals surface area contributed by atoms with Crippen LogP contribution in [0.4, 0.5) is 13.2 Å². The summed E-state index contributed by atoms with van der Waals surface area (Å²) >= 11 is 1.17. The van der Waals surface area contributed by atoms with Crippen LogP contribution in [-0.2, 0) is 11.2 Å². The van der Waals surface area contributed by atoms with Crippen molar-refractivity contribution in [3.63, 3.8) is 0 Å². The molecule has 0 amide bonds. The van der Waals surface area contributed by atoms with Crippen LogP contribution in [0.15, 0.2) is 60.7 Å². The Balaban J connectivity index is 1.61. The molecule has 2 heterocycles. The smallest absolute Gasteiger partial charge is 0.480 e. The molecule has 37 heavy (non-hydrogen) atoms. The Hall–Kier alpha value is -3.50. The van der Waals surface area contributed by atoms with E-state index in [0.717, 1.165) is 22.6 Å². The molecule has 0 saturated carbocycles. The van der Waals surface area contributed by atoms with Crippen molar-refractivity contribution < 1.29 is 37.4 Å². The number of hydrogen-bond donors (Lipinski definition) is 1. The monoisotopic (exact) mass is 531 g/mol. The summed E-state index contributed by atoms with van der Waals surface area (Å²) in [5, 5.41) is 9.77. The molecule has 194 valence electrons. The van der Waals surface area contributed by atoms with Gasteiger partial charge >= 0.3 is 12.3 Å². The molecule has 0 bridgehead atoms. The third-order valence-corrected chi connectivity index (χ3v) is 7.61. The van der Waals surface area contributed by atoms with Gasteiger partial charge in [-0.2, -0.15) is 0 Å². The average Bonchev–Trinajstić information content (AvgIpc) is 3.48. The number of alkyl halides is 3. The fourth-order valence-electron chi connectivity index (χ4n) is 4.58. The van der Waals surface area contributed by atoms with Crippen LogP contribution in [0.3, 0.4) is 0 Å². The number of benzene rings is 2. The number of carboxylic acid groups (broad SMARTS) is 1. The zero-order valence-electron chi connectivity index (χ0n) is 19.8. The van der Waals surface area contributed by atoms with E-state index in [4.69, 9.17) is 0 Å². The average molecular weight is 532 g/mol. The van der Waals surface area contributed by atoms with Gasteiger partial charge in [-0.1, -0.05) is 37.3 Å². The summed E-state index contributed by atoms with van der Waals surface area (Å²) in [6.45, 7) is 1.70. The predicted molar refractivity (Wildman–Crippen MR) is 131 cm³/mol. The first-order valence-electron chi connectivity index (χ1n) is 11.7. The second-order valence-electron chi connectivity index (χ2n) is 8.66. The van der Waals surface area contributed by atoms with Gasteiger partial charge in [-0.15, -0.1) is 24.5 Å². The number of nitrogens with zero attached hydrogens (tertiary/aromatic N) is 1. The van der Waals surface area contributed by atoms with Crippen LogP contribution in [0, 0.1) is 0 Å². The van der Waals surface area contributed by atoms with Gasteiger partial charge in [0.05, 0.1) is 11.4 Å². The summed E-state index contributed by atoms with van der Waals surface area (Å²) < 4.78 is 41.2. The molecule has 4 rings (SSSR count). The first-order valence-corrected chi connectivity index (χ1v) is 12.5. The van der Waals surface area contributed by atoms with Crippen molar-refractivity contribution in [2.24, 2.45) is 0 Å². The fraction of sp³-hybridized carbons (Fsp3) is 0.296. The minimum Gasteiger partial charge on any atom is -0.480 e. The van der Waals surface area contributed by atoms with E-state index < -0.39 is 29.9 Å². The van der Waals surface area contributed by atoms with Crippen LogP contribution in [0.25, 0.3) is 0 Å². The summed E-state index contributed by atoms with van der Waals surface area (Å²) in [6.07, 6.45) is -3.30. The van der Waals surface area contributed by atoms with Gasteiger partial charge < -0.3 is 9.84 Å². The van der Waals surface area contributed by atoms with Crippen LogP contribution in [0.2, 0.25) is 0 Å². The number of halogens is 3. The van der Waals surface area contributed by atoms with E-state index in [1.165, 1.54) is 23.5 Å². The number of rotatable bonds is 9. The number of carboxylic acids is 1. The van der Waals surface area contributed by atoms with Crippen molar-refractivity contribution in [3.05, 3.63) is 87.1 Å². The lowest BCUT2D eigenvalue weighted by Gasteiger charge is -2.27. The molecule has 1 N–H and O–H groups in total. The molecule has 1 aliphatic rings. The fourth-order valence-corrected chi connectivity index (χ4v) is 5.60. The maximum atomic E-state index is 13.5. The van der Waals surface area contributed by atoms with Crippen molar-refractivity contribution in [1.29, 1.82) is 0 Å². The molecule has 3 aromatic rings. The van der Waals surface area contributed by atoms with Gasteiger partial charge in [0.15, 0.2) is 11.6 Å². The molecule has 0 spiro atoms. The highest BCUT2D eigenvalue weighted by molar-refractivity contribution is 7.14. The molecule has 10 heteroatoms. The van der Waals surface area contributed by atoms with E-state index in [9.17, 15) is 32.7 Å². The third-order valence-electron chi connectivity index (χ3n) is 6.29. The lowest BCUT2D eigenvalue weighted by Crippen LogP contribution is -2.40. The van der Waals surface area contributed by atoms with E-state index >= 15 is 0 Å². The van der Waals surface area contributed by atoms with Gasteiger partial charge in [0, 0.05) is 22.0 Å². The molecular formula is C27H24F3NO5S. The maximum Gasteiger partial charge on any atom is 0.573 e. The van der Waals surface area contributed by atoms with E-state index in [1.54, 1.807) is 11.0 Å². The number of aliphatic carboxylic acids is 1. The highest BCUT2D eigenvalue weighted by Gasteiger charge is 2.40. The highest BCUT2D eigenvalue weighted by atomic mass is 32.1. The Morgan fingerprint density at radius 2 is 1.73 bits per heavy atom. The Bertz CT molecular complexity index is 1290. The van der Waals surface area contributed by atoms with Gasteiger partial charge in [0.1, 0.15) is 11.8 Å². The lowest BCUT2D eigenvalue weighted by atomic mass is 10.0. The Kier molecular flexibility index (Phi) is 7.79. The number of carbonyl (C=O) groups excluding carboxylic acids is 2. The number of aryl methyl sites for hydroxylation is 1. The van der Waals surface area contributed by atoms with Crippen molar-refractivity contribution >= 4 is 28.9 Å². The third kappa shape index (κ3) is 6.08. The van der Waals surface area contributed by atoms with Gasteiger partial charge in [0.2, 0.25) is 0 Å². The lowest BCUT2D eigenvalue weighted by molar-refractivity contribution is -0.274. The zero-order valence-corrected chi connectivity index (χ0v) is 20.6. The van der Waals surface area contributed by atoms with Crippen LogP contribution in [0.5, 0.6) is 5.75 Å². The van der Waals surface area contributed by atoms with Crippen molar-refractivity contribution in [2.45, 2.75) is 44.6 Å². The Morgan fingerprint density at radius 1 is 1.05 bits per heavy atom. The van der Waals surface area contributed by atoms with E-state index in [2.05, 4.69) is 4.74 Å². The maximum absolute atomic E-state index is 13.5. The summed E-state index contributed by atoms with van der Waals surface area (Å²) in [6, 6.07) is 14.4. The Morgan fingerprint density at radius 3 is 2.32 bits per heavy atom. The number of Topliss-reactive ketones (excluding diaryl/α,β-unsaturated/α-hetero) is 1. The summed E-state index contributed by atoms with van der Waals surface area (Å²) in [5.41, 5.74) is 1.17. The van der Waals surface area contributed by atoms with Crippen molar-refractivity contribution in [3.8, 4) is 5.75 Å². The normalized spacial score (nSPS) is 18.1. The molecule has 1 saturated heterocycles. The molecule has 1 aliphatic heterocycles. The SMILES string of the molecule is CCc1cc(C(=O)c2ccc(OC(F)(F)F)cc2)c(C(=O)CN2[C@@H](C(=O)O)CC[C@@H]2c2ccccc2)s1. The summed E-state index contributed by atoms with van der Waals surface area (Å²) in [7, 11) is 0. The number of ketones is 2. The molecule has 1 fully saturated rings. The van der Waals surface area contributed by atoms with Crippen molar-refractivity contribution in [2.75, 3.05) is 6.54 Å². The molecule has 2 atom stereocenters. The minimum absolute atomic E-state index is 0.107. The van der Waals surface area contributed by atoms with Crippen LogP contribution < -0.4 is 4.74 Å². The molecule has 0 unspecified atom stereocenters. The van der Waals surface area contributed by atoms with Gasteiger partial charge in [-0.3, -0.25) is 19.3 Å². The van der Waals surface area contributed by atoms with E-state index in [-0.39, 0.29) is 34.4 Å². The molecule has 0 radical (unpaired) electrons. The first-order chi connectivity index (χ1) is 17.6. The van der Waals surface area contributed by atoms with Crippen LogP contribution >= 0.6 is 11.3 Å². The second kappa shape index (κ2) is 10.9. The molecule has 6 nitrogen and oxygen atoms in total. The molecular weight excluding hydrogens is 507 g/mol. The molecule has 2 aromatic carbocycles. The minimum atomic E-state index is -4.85. The largest absolute Gasteiger partial charge is 0.573 e. The van der Waals surface area contributed by atoms with Gasteiger partial charge in [0.25, 0.3) is 0 Å². The number of carbonyl (C=O) groups is 3. The molecule has 0 aliphatic carbocycles. The quantitative estimate of drug-likeness (QED) is 0.346. The predicted octanol–water partition coefficient (Wildman–Crippen LogP) is 5.91. The zero-order chi connectivity index (χ0) is 26.7. The van der Waals surface area contributed by atoms with E-state index in [1.807, 2.05) is 37.3 Å². The van der Waals surface area contributed by atoms with Crippen molar-refractivity contribution in [1.82, 2.24) is 4.90 Å². The van der Waals surface area contributed by atoms with Gasteiger partial charge in [-0.25, -0.2) is 0 Å². The van der Waals surface area contributed by atoms with Gasteiger partial charge in [-0.05, 0) is 55.2 Å². The molecule has 1 aromatic heterocycles. The first kappa shape index (κ1) is 26.6. The number of thiophene rings is 1. The number of ether oxygens (including phenoxy) is 1. The van der Waals surface area contributed by atoms with Crippen LogP contribution in [-0.4, -0.2) is 46.5 Å². The topological polar surface area (TPSA) is 83.9 Å².